The molecule has 2 atom stereocenters. The van der Waals surface area contributed by atoms with Crippen LogP contribution in [0, 0.1) is 12.8 Å². The predicted molar refractivity (Wildman–Crippen MR) is 354 cm³/mol. The lowest BCUT2D eigenvalue weighted by molar-refractivity contribution is 0.293. The van der Waals surface area contributed by atoms with Crippen molar-refractivity contribution in [2.45, 2.75) is 154 Å². The maximum Gasteiger partial charge on any atom is 0.0543 e. The third-order valence-corrected chi connectivity index (χ3v) is 13.1. The summed E-state index contributed by atoms with van der Waals surface area (Å²) >= 11 is 0. The Bertz CT molecular complexity index is 2070. The van der Waals surface area contributed by atoms with Crippen LogP contribution in [0.25, 0.3) is 0 Å². The van der Waals surface area contributed by atoms with E-state index in [1.54, 1.807) is 6.08 Å². The molecule has 0 amide bonds. The van der Waals surface area contributed by atoms with Crippen molar-refractivity contribution in [3.63, 3.8) is 0 Å². The Labute approximate surface area is 467 Å². The standard InChI is InChI=1S/C42H58NP.C10H14.C9H14.C5H11N.C2H6.C2H4.C2H2/c1-8-12-13-14-18-26-40-27-19-20-29-42(40)43(41(11-4)28-21-25-39-23-16-15-17-24-39)34-22-35-44(7)37(6)32-30-36(5)31-33-38(9-2)10-3;1-3-5-7-9-10-8-6-4-2;1-4-7-8-9(5-2)6-3;1-4-5(2)6-3;3*1-2/h9,11-20,22-24,27,30-33,35,42H,8,10,21,25-26,28-29,34H2,1-7H3;3-7,9-10H,1,8H2,2H3;4-5,7-8H,2,6H2,1,3H3;4,6H,1-3H3;1-2H3;1-2H2;1-2H/b13-12-,18-14-,33-31-,35-22-,36-30+,37-32+,38-9-,41-11+;6-4+,7-5-,10-9-;7-4-,9-8+;5-4+;;;. The van der Waals surface area contributed by atoms with Crippen LogP contribution < -0.4 is 5.32 Å². The summed E-state index contributed by atoms with van der Waals surface area (Å²) in [7, 11) is 1.58. The van der Waals surface area contributed by atoms with Gasteiger partial charge in [-0.3, -0.25) is 0 Å². The van der Waals surface area contributed by atoms with Crippen molar-refractivity contribution in [2.24, 2.45) is 0 Å². The SMILES string of the molecule is C#C.C/C=C(\C)NC.C=C.C=C/C(=C\C=C/C)CC.C=C/C=C\C=C/C/C=C/C.CC.C\C=C(/C=C\C(C)=C\C=C(/C)P(C)/C=C\CN(/C(=C/C)CCCc1ccccc1)C1CC=CC=C1C/C=C\C=C/CC)CC. The van der Waals surface area contributed by atoms with Gasteiger partial charge in [-0.15, -0.1) is 26.0 Å². The highest BCUT2D eigenvalue weighted by Gasteiger charge is 2.23. The third-order valence-electron chi connectivity index (χ3n) is 11.1. The van der Waals surface area contributed by atoms with E-state index in [-0.39, 0.29) is 7.92 Å². The van der Waals surface area contributed by atoms with Gasteiger partial charge in [-0.1, -0.05) is 261 Å². The number of rotatable bonds is 26. The molecule has 0 aromatic heterocycles. The van der Waals surface area contributed by atoms with Crippen molar-refractivity contribution >= 4 is 7.92 Å². The molecule has 1 aromatic rings. The Kier molecular flexibility index (Phi) is 64.5. The van der Waals surface area contributed by atoms with Gasteiger partial charge in [0.1, 0.15) is 0 Å². The zero-order valence-corrected chi connectivity index (χ0v) is 51.4. The van der Waals surface area contributed by atoms with Crippen molar-refractivity contribution < 1.29 is 0 Å². The van der Waals surface area contributed by atoms with Crippen LogP contribution in [0.4, 0.5) is 0 Å². The summed E-state index contributed by atoms with van der Waals surface area (Å²) in [5, 5.41) is 4.42. The number of nitrogens with one attached hydrogen (secondary N) is 1. The highest BCUT2D eigenvalue weighted by Crippen LogP contribution is 2.42. The molecule has 1 aromatic carbocycles. The molecule has 1 N–H and O–H groups in total. The average Bonchev–Trinajstić information content (AvgIpc) is 3.46. The van der Waals surface area contributed by atoms with Crippen molar-refractivity contribution in [2.75, 3.05) is 20.3 Å². The minimum atomic E-state index is -0.333. The summed E-state index contributed by atoms with van der Waals surface area (Å²) in [4.78, 5) is 2.68. The molecule has 0 aliphatic heterocycles. The van der Waals surface area contributed by atoms with E-state index in [2.05, 4.69) is 244 Å². The second kappa shape index (κ2) is 62.2. The Hall–Kier alpha value is -6.13. The zero-order chi connectivity index (χ0) is 57.8. The third kappa shape index (κ3) is 47.3. The minimum absolute atomic E-state index is 0.333. The predicted octanol–water partition coefficient (Wildman–Crippen LogP) is 22.3. The van der Waals surface area contributed by atoms with Gasteiger partial charge in [-0.05, 0) is 142 Å². The lowest BCUT2D eigenvalue weighted by Crippen LogP contribution is -2.37. The molecule has 2 nitrogen and oxygen atoms in total. The fourth-order valence-electron chi connectivity index (χ4n) is 6.43. The van der Waals surface area contributed by atoms with Crippen LogP contribution in [-0.4, -0.2) is 31.2 Å². The van der Waals surface area contributed by atoms with Gasteiger partial charge in [-0.2, -0.15) is 0 Å². The normalized spacial score (nSPS) is 14.7. The average molecular weight is 1030 g/mol. The smallest absolute Gasteiger partial charge is 0.0543 e. The summed E-state index contributed by atoms with van der Waals surface area (Å²) in [6, 6.07) is 11.3. The van der Waals surface area contributed by atoms with E-state index in [0.29, 0.717) is 6.04 Å². The van der Waals surface area contributed by atoms with Gasteiger partial charge in [0.25, 0.3) is 0 Å². The van der Waals surface area contributed by atoms with Crippen LogP contribution >= 0.6 is 7.92 Å². The zero-order valence-electron chi connectivity index (χ0n) is 50.5. The first-order valence-corrected chi connectivity index (χ1v) is 29.2. The number of aryl methyl sites for hydroxylation is 1. The topological polar surface area (TPSA) is 15.3 Å². The van der Waals surface area contributed by atoms with Crippen LogP contribution in [0.1, 0.15) is 147 Å². The summed E-state index contributed by atoms with van der Waals surface area (Å²) in [6.45, 7) is 43.9. The van der Waals surface area contributed by atoms with Gasteiger partial charge < -0.3 is 10.2 Å². The highest BCUT2D eigenvalue weighted by molar-refractivity contribution is 7.64. The molecule has 3 heteroatoms. The van der Waals surface area contributed by atoms with Crippen LogP contribution in [0.5, 0.6) is 0 Å². The molecule has 0 spiro atoms. The minimum Gasteiger partial charge on any atom is -0.392 e. The van der Waals surface area contributed by atoms with Gasteiger partial charge in [0, 0.05) is 25.0 Å². The van der Waals surface area contributed by atoms with Crippen molar-refractivity contribution in [1.29, 1.82) is 0 Å². The summed E-state index contributed by atoms with van der Waals surface area (Å²) in [6.07, 6.45) is 73.4. The van der Waals surface area contributed by atoms with Crippen LogP contribution in [0.3, 0.4) is 0 Å². The molecule has 2 unspecified atom stereocenters. The Morgan fingerprint density at radius 1 is 0.747 bits per heavy atom. The van der Waals surface area contributed by atoms with Crippen LogP contribution in [-0.2, 0) is 6.42 Å². The molecule has 0 saturated carbocycles. The first-order valence-electron chi connectivity index (χ1n) is 27.3. The first-order chi connectivity index (χ1) is 36.5. The molecule has 0 radical (unpaired) electrons. The molecule has 1 aliphatic carbocycles. The van der Waals surface area contributed by atoms with E-state index in [4.69, 9.17) is 0 Å². The molecule has 2 rings (SSSR count). The fourth-order valence-corrected chi connectivity index (χ4v) is 7.39. The number of terminal acetylenes is 1. The second-order valence-corrected chi connectivity index (χ2v) is 18.6. The highest BCUT2D eigenvalue weighted by atomic mass is 31.1. The molecular formula is C72H109N2P. The summed E-state index contributed by atoms with van der Waals surface area (Å²) < 4.78 is 0. The Morgan fingerprint density at radius 2 is 1.40 bits per heavy atom. The van der Waals surface area contributed by atoms with Gasteiger partial charge in [0.2, 0.25) is 0 Å². The van der Waals surface area contributed by atoms with Gasteiger partial charge >= 0.3 is 0 Å². The summed E-state index contributed by atoms with van der Waals surface area (Å²) in [5.41, 5.74) is 9.54. The van der Waals surface area contributed by atoms with E-state index >= 15 is 0 Å². The van der Waals surface area contributed by atoms with Gasteiger partial charge in [0.05, 0.1) is 6.04 Å². The van der Waals surface area contributed by atoms with E-state index in [0.717, 1.165) is 64.3 Å². The lowest BCUT2D eigenvalue weighted by atomic mass is 9.93. The van der Waals surface area contributed by atoms with E-state index in [9.17, 15) is 0 Å². The monoisotopic (exact) mass is 1030 g/mol. The number of benzene rings is 1. The Balaban J connectivity index is -0.000000426. The van der Waals surface area contributed by atoms with Crippen molar-refractivity contribution in [3.8, 4) is 12.8 Å². The molecule has 0 fully saturated rings. The maximum absolute atomic E-state index is 4.00. The summed E-state index contributed by atoms with van der Waals surface area (Å²) in [5.74, 6) is 2.46. The number of hydrogen-bond acceptors (Lipinski definition) is 2. The molecule has 0 heterocycles. The molecule has 75 heavy (non-hydrogen) atoms. The lowest BCUT2D eigenvalue weighted by Gasteiger charge is -2.37. The number of hydrogen-bond donors (Lipinski definition) is 1. The first kappa shape index (κ1) is 77.8. The fraction of sp³-hybridized carbons (Fsp3) is 0.361. The van der Waals surface area contributed by atoms with E-state index in [1.807, 2.05) is 97.2 Å². The molecule has 1 aliphatic rings. The van der Waals surface area contributed by atoms with Crippen LogP contribution in [0.2, 0.25) is 0 Å². The van der Waals surface area contributed by atoms with Crippen molar-refractivity contribution in [3.05, 3.63) is 265 Å². The molecule has 0 saturated heterocycles. The molecular weight excluding hydrogens is 924 g/mol. The number of allylic oxidation sites excluding steroid dienone is 30. The molecule has 0 bridgehead atoms. The molecule has 412 valence electrons. The van der Waals surface area contributed by atoms with E-state index < -0.39 is 0 Å². The van der Waals surface area contributed by atoms with Gasteiger partial charge in [0.15, 0.2) is 0 Å². The van der Waals surface area contributed by atoms with Crippen LogP contribution in [0.15, 0.2) is 259 Å². The van der Waals surface area contributed by atoms with E-state index in [1.165, 1.54) is 44.6 Å². The maximum atomic E-state index is 4.00. The van der Waals surface area contributed by atoms with Gasteiger partial charge in [-0.25, -0.2) is 0 Å². The second-order valence-electron chi connectivity index (χ2n) is 16.3. The largest absolute Gasteiger partial charge is 0.392 e. The number of nitrogens with zero attached hydrogens (tertiary/aromatic N) is 1. The Morgan fingerprint density at radius 3 is 1.93 bits per heavy atom. The van der Waals surface area contributed by atoms with Crippen molar-refractivity contribution in [1.82, 2.24) is 10.2 Å². The quantitative estimate of drug-likeness (QED) is 0.0431.